The molecule has 0 bridgehead atoms. The largest absolute Gasteiger partial charge is 0.362 e. The first kappa shape index (κ1) is 14.7. The van der Waals surface area contributed by atoms with Crippen molar-refractivity contribution in [1.82, 2.24) is 0 Å². The van der Waals surface area contributed by atoms with Crippen molar-refractivity contribution in [3.05, 3.63) is 58.2 Å². The van der Waals surface area contributed by atoms with Crippen molar-refractivity contribution in [2.75, 3.05) is 0 Å². The standard InChI is InChI=1S/C17H20O3/c1-10-12(3)17(19,20)13(4)11(2)15(10)16(18)14-8-6-5-7-9-14/h5-9,12,19-20H,1-4H3. The number of aliphatic hydroxyl groups is 2. The molecule has 0 aromatic heterocycles. The Hall–Kier alpha value is -1.71. The Bertz CT molecular complexity index is 606. The molecule has 3 heteroatoms. The van der Waals surface area contributed by atoms with Crippen LogP contribution in [0.4, 0.5) is 0 Å². The lowest BCUT2D eigenvalue weighted by Crippen LogP contribution is -2.42. The Morgan fingerprint density at radius 1 is 1.10 bits per heavy atom. The van der Waals surface area contributed by atoms with Gasteiger partial charge in [0, 0.05) is 17.1 Å². The van der Waals surface area contributed by atoms with Gasteiger partial charge in [0.25, 0.3) is 0 Å². The highest BCUT2D eigenvalue weighted by atomic mass is 16.5. The molecule has 0 spiro atoms. The Balaban J connectivity index is 2.57. The van der Waals surface area contributed by atoms with E-state index >= 15 is 0 Å². The topological polar surface area (TPSA) is 57.5 Å². The summed E-state index contributed by atoms with van der Waals surface area (Å²) in [7, 11) is 0. The summed E-state index contributed by atoms with van der Waals surface area (Å²) in [6, 6.07) is 9.06. The number of carbonyl (C=O) groups excluding carboxylic acids is 1. The minimum absolute atomic E-state index is 0.0673. The molecule has 1 aromatic rings. The molecule has 0 heterocycles. The van der Waals surface area contributed by atoms with Gasteiger partial charge >= 0.3 is 0 Å². The smallest absolute Gasteiger partial charge is 0.193 e. The summed E-state index contributed by atoms with van der Waals surface area (Å²) < 4.78 is 0. The van der Waals surface area contributed by atoms with Crippen LogP contribution < -0.4 is 0 Å². The highest BCUT2D eigenvalue weighted by Gasteiger charge is 2.41. The average molecular weight is 272 g/mol. The number of hydrogen-bond donors (Lipinski definition) is 2. The Morgan fingerprint density at radius 3 is 2.20 bits per heavy atom. The van der Waals surface area contributed by atoms with E-state index in [1.54, 1.807) is 39.8 Å². The number of allylic oxidation sites excluding steroid dienone is 2. The van der Waals surface area contributed by atoms with Crippen molar-refractivity contribution in [3.63, 3.8) is 0 Å². The van der Waals surface area contributed by atoms with Crippen LogP contribution in [0.5, 0.6) is 0 Å². The summed E-state index contributed by atoms with van der Waals surface area (Å²) in [4.78, 5) is 12.7. The van der Waals surface area contributed by atoms with E-state index < -0.39 is 11.7 Å². The first-order chi connectivity index (χ1) is 9.28. The summed E-state index contributed by atoms with van der Waals surface area (Å²) in [5, 5.41) is 20.3. The first-order valence-electron chi connectivity index (χ1n) is 6.72. The minimum atomic E-state index is -1.88. The highest BCUT2D eigenvalue weighted by molar-refractivity contribution is 6.12. The van der Waals surface area contributed by atoms with E-state index in [1.807, 2.05) is 18.2 Å². The second-order valence-electron chi connectivity index (χ2n) is 5.45. The van der Waals surface area contributed by atoms with E-state index in [-0.39, 0.29) is 5.78 Å². The minimum Gasteiger partial charge on any atom is -0.362 e. The average Bonchev–Trinajstić information content (AvgIpc) is 2.44. The molecule has 3 nitrogen and oxygen atoms in total. The molecule has 0 saturated carbocycles. The predicted octanol–water partition coefficient (Wildman–Crippen LogP) is 2.85. The molecule has 1 aliphatic rings. The number of benzene rings is 1. The van der Waals surface area contributed by atoms with Crippen molar-refractivity contribution in [2.24, 2.45) is 5.92 Å². The molecular formula is C17H20O3. The molecule has 2 rings (SSSR count). The third-order valence-electron chi connectivity index (χ3n) is 4.40. The van der Waals surface area contributed by atoms with Gasteiger partial charge in [0.1, 0.15) is 0 Å². The fourth-order valence-electron chi connectivity index (χ4n) is 2.69. The highest BCUT2D eigenvalue weighted by Crippen LogP contribution is 2.40. The van der Waals surface area contributed by atoms with Crippen LogP contribution in [0, 0.1) is 5.92 Å². The second kappa shape index (κ2) is 5.00. The molecular weight excluding hydrogens is 252 g/mol. The molecule has 0 saturated heterocycles. The van der Waals surface area contributed by atoms with E-state index in [9.17, 15) is 15.0 Å². The van der Waals surface area contributed by atoms with Gasteiger partial charge in [-0.2, -0.15) is 0 Å². The van der Waals surface area contributed by atoms with Gasteiger partial charge in [-0.1, -0.05) is 42.8 Å². The van der Waals surface area contributed by atoms with E-state index in [1.165, 1.54) is 0 Å². The van der Waals surface area contributed by atoms with Crippen LogP contribution >= 0.6 is 0 Å². The van der Waals surface area contributed by atoms with Gasteiger partial charge in [0.15, 0.2) is 11.6 Å². The van der Waals surface area contributed by atoms with Crippen molar-refractivity contribution in [1.29, 1.82) is 0 Å². The molecule has 0 radical (unpaired) electrons. The Kier molecular flexibility index (Phi) is 3.67. The van der Waals surface area contributed by atoms with E-state index in [0.717, 1.165) is 0 Å². The zero-order valence-electron chi connectivity index (χ0n) is 12.3. The zero-order valence-corrected chi connectivity index (χ0v) is 12.3. The van der Waals surface area contributed by atoms with Crippen molar-refractivity contribution in [2.45, 2.75) is 33.5 Å². The number of carbonyl (C=O) groups is 1. The number of Topliss-reactive ketones (excluding diaryl/α,β-unsaturated/α-hetero) is 1. The number of hydrogen-bond acceptors (Lipinski definition) is 3. The maximum Gasteiger partial charge on any atom is 0.193 e. The molecule has 1 unspecified atom stereocenters. The Morgan fingerprint density at radius 2 is 1.65 bits per heavy atom. The van der Waals surface area contributed by atoms with Crippen LogP contribution in [-0.4, -0.2) is 21.8 Å². The number of rotatable bonds is 2. The van der Waals surface area contributed by atoms with Crippen LogP contribution in [0.25, 0.3) is 0 Å². The fourth-order valence-corrected chi connectivity index (χ4v) is 2.69. The maximum atomic E-state index is 12.7. The van der Waals surface area contributed by atoms with Crippen LogP contribution in [0.3, 0.4) is 0 Å². The lowest BCUT2D eigenvalue weighted by Gasteiger charge is -2.37. The van der Waals surface area contributed by atoms with Crippen molar-refractivity contribution < 1.29 is 15.0 Å². The fraction of sp³-hybridized carbons (Fsp3) is 0.353. The van der Waals surface area contributed by atoms with Crippen molar-refractivity contribution >= 4 is 5.78 Å². The summed E-state index contributed by atoms with van der Waals surface area (Å²) >= 11 is 0. The van der Waals surface area contributed by atoms with Gasteiger partial charge in [0.05, 0.1) is 0 Å². The monoisotopic (exact) mass is 272 g/mol. The maximum absolute atomic E-state index is 12.7. The molecule has 1 aromatic carbocycles. The molecule has 20 heavy (non-hydrogen) atoms. The van der Waals surface area contributed by atoms with Gasteiger partial charge in [0.2, 0.25) is 0 Å². The summed E-state index contributed by atoms with van der Waals surface area (Å²) in [5.74, 6) is -2.45. The molecule has 2 N–H and O–H groups in total. The van der Waals surface area contributed by atoms with E-state index in [2.05, 4.69) is 0 Å². The van der Waals surface area contributed by atoms with Crippen LogP contribution in [-0.2, 0) is 0 Å². The van der Waals surface area contributed by atoms with Crippen molar-refractivity contribution in [3.8, 4) is 0 Å². The second-order valence-corrected chi connectivity index (χ2v) is 5.45. The molecule has 1 aliphatic carbocycles. The SMILES string of the molecule is CC1=C(C)C(O)(O)C(C)C(C)=C1C(=O)c1ccccc1. The van der Waals surface area contributed by atoms with Gasteiger partial charge < -0.3 is 10.2 Å². The van der Waals surface area contributed by atoms with Crippen LogP contribution in [0.2, 0.25) is 0 Å². The van der Waals surface area contributed by atoms with E-state index in [4.69, 9.17) is 0 Å². The van der Waals surface area contributed by atoms with Gasteiger partial charge in [-0.25, -0.2) is 0 Å². The third-order valence-corrected chi connectivity index (χ3v) is 4.40. The van der Waals surface area contributed by atoms with Gasteiger partial charge in [-0.15, -0.1) is 0 Å². The van der Waals surface area contributed by atoms with E-state index in [0.29, 0.717) is 27.9 Å². The molecule has 0 amide bonds. The van der Waals surface area contributed by atoms with Crippen LogP contribution in [0.1, 0.15) is 38.1 Å². The van der Waals surface area contributed by atoms with Crippen LogP contribution in [0.15, 0.2) is 52.6 Å². The molecule has 106 valence electrons. The predicted molar refractivity (Wildman–Crippen MR) is 78.2 cm³/mol. The third kappa shape index (κ3) is 2.13. The lowest BCUT2D eigenvalue weighted by molar-refractivity contribution is -0.157. The molecule has 0 fully saturated rings. The molecule has 1 atom stereocenters. The lowest BCUT2D eigenvalue weighted by atomic mass is 9.75. The van der Waals surface area contributed by atoms with Gasteiger partial charge in [-0.05, 0) is 31.9 Å². The summed E-state index contributed by atoms with van der Waals surface area (Å²) in [6.07, 6.45) is 0. The zero-order chi connectivity index (χ0) is 15.1. The summed E-state index contributed by atoms with van der Waals surface area (Å²) in [5.41, 5.74) is 3.02. The first-order valence-corrected chi connectivity index (χ1v) is 6.72. The Labute approximate surface area is 119 Å². The normalized spacial score (nSPS) is 22.2. The quantitative estimate of drug-likeness (QED) is 0.643. The number of ketones is 1. The summed E-state index contributed by atoms with van der Waals surface area (Å²) in [6.45, 7) is 6.94. The molecule has 0 aliphatic heterocycles. The van der Waals surface area contributed by atoms with Gasteiger partial charge in [-0.3, -0.25) is 4.79 Å².